The summed E-state index contributed by atoms with van der Waals surface area (Å²) < 4.78 is 18.8. The molecule has 5 rings (SSSR count). The lowest BCUT2D eigenvalue weighted by Gasteiger charge is -2.25. The fourth-order valence-electron chi connectivity index (χ4n) is 4.44. The first-order valence-corrected chi connectivity index (χ1v) is 12.2. The standard InChI is InChI=1S/C29H27FN4O4/c1-18-13-22(8-9-24(18)30)34-29(37)23-17-33(12-11-25(23)32-34)16-19-3-6-21(7-4-19)28(36)31-15-20-5-10-26(35)27(14-20)38-2/h3-10,13-14,17,35H,11-12,15-16H2,1-2H3,(H,31,36). The van der Waals surface area contributed by atoms with Crippen molar-refractivity contribution in [3.05, 3.63) is 101 Å². The van der Waals surface area contributed by atoms with E-state index >= 15 is 0 Å². The molecule has 2 amide bonds. The number of hydrogen-bond acceptors (Lipinski definition) is 6. The van der Waals surface area contributed by atoms with Crippen molar-refractivity contribution in [1.29, 1.82) is 0 Å². The average Bonchev–Trinajstić information content (AvgIpc) is 3.25. The van der Waals surface area contributed by atoms with Gasteiger partial charge in [0.2, 0.25) is 0 Å². The van der Waals surface area contributed by atoms with Crippen LogP contribution in [0.5, 0.6) is 11.5 Å². The number of phenolic OH excluding ortho intramolecular Hbond substituents is 1. The zero-order chi connectivity index (χ0) is 26.8. The van der Waals surface area contributed by atoms with Crippen LogP contribution in [0.15, 0.2) is 77.5 Å². The Balaban J connectivity index is 1.20. The molecule has 3 aromatic rings. The van der Waals surface area contributed by atoms with Crippen molar-refractivity contribution in [2.45, 2.75) is 26.4 Å². The third-order valence-electron chi connectivity index (χ3n) is 6.59. The summed E-state index contributed by atoms with van der Waals surface area (Å²) in [4.78, 5) is 27.7. The number of phenols is 1. The summed E-state index contributed by atoms with van der Waals surface area (Å²) in [5.41, 5.74) is 4.60. The van der Waals surface area contributed by atoms with Crippen molar-refractivity contribution in [3.8, 4) is 11.5 Å². The monoisotopic (exact) mass is 514 g/mol. The Morgan fingerprint density at radius 1 is 1.11 bits per heavy atom. The number of ether oxygens (including phenoxy) is 1. The maximum absolute atomic E-state index is 13.7. The van der Waals surface area contributed by atoms with Crippen LogP contribution in [0.4, 0.5) is 10.1 Å². The number of methoxy groups -OCH3 is 1. The van der Waals surface area contributed by atoms with Crippen molar-refractivity contribution in [2.75, 3.05) is 18.7 Å². The SMILES string of the molecule is COc1cc(CNC(=O)c2ccc(CN3C=C4C(=O)N(c5ccc(F)c(C)c5)N=C4CC3)cc2)ccc1O. The Morgan fingerprint density at radius 2 is 1.87 bits per heavy atom. The molecule has 9 heteroatoms. The summed E-state index contributed by atoms with van der Waals surface area (Å²) in [6, 6.07) is 16.8. The number of halogens is 1. The number of rotatable bonds is 7. The third-order valence-corrected chi connectivity index (χ3v) is 6.59. The van der Waals surface area contributed by atoms with Crippen LogP contribution in [-0.4, -0.2) is 41.2 Å². The van der Waals surface area contributed by atoms with Crippen molar-refractivity contribution in [1.82, 2.24) is 10.2 Å². The van der Waals surface area contributed by atoms with Crippen LogP contribution in [0.25, 0.3) is 0 Å². The molecule has 0 radical (unpaired) electrons. The molecule has 0 atom stereocenters. The molecule has 38 heavy (non-hydrogen) atoms. The predicted octanol–water partition coefficient (Wildman–Crippen LogP) is 4.27. The van der Waals surface area contributed by atoms with Gasteiger partial charge in [-0.2, -0.15) is 10.1 Å². The predicted molar refractivity (Wildman–Crippen MR) is 141 cm³/mol. The minimum atomic E-state index is -0.322. The number of benzene rings is 3. The highest BCUT2D eigenvalue weighted by molar-refractivity contribution is 6.30. The van der Waals surface area contributed by atoms with Gasteiger partial charge in [0.05, 0.1) is 24.1 Å². The topological polar surface area (TPSA) is 94.5 Å². The van der Waals surface area contributed by atoms with E-state index in [1.165, 1.54) is 24.3 Å². The normalized spacial score (nSPS) is 14.7. The smallest absolute Gasteiger partial charge is 0.282 e. The maximum atomic E-state index is 13.7. The molecule has 2 aliphatic heterocycles. The first kappa shape index (κ1) is 25.0. The molecule has 8 nitrogen and oxygen atoms in total. The van der Waals surface area contributed by atoms with E-state index in [1.807, 2.05) is 18.3 Å². The number of hydrazone groups is 1. The van der Waals surface area contributed by atoms with E-state index in [9.17, 15) is 19.1 Å². The van der Waals surface area contributed by atoms with Crippen molar-refractivity contribution < 1.29 is 23.8 Å². The molecule has 2 N–H and O–H groups in total. The molecule has 0 aliphatic carbocycles. The van der Waals surface area contributed by atoms with Crippen LogP contribution in [-0.2, 0) is 17.9 Å². The average molecular weight is 515 g/mol. The Morgan fingerprint density at radius 3 is 2.61 bits per heavy atom. The van der Waals surface area contributed by atoms with Gasteiger partial charge < -0.3 is 20.1 Å². The Kier molecular flexibility index (Phi) is 6.83. The van der Waals surface area contributed by atoms with Crippen molar-refractivity contribution in [3.63, 3.8) is 0 Å². The molecule has 0 unspecified atom stereocenters. The number of fused-ring (bicyclic) bond motifs is 1. The van der Waals surface area contributed by atoms with Crippen LogP contribution in [0.3, 0.4) is 0 Å². The molecule has 2 heterocycles. The van der Waals surface area contributed by atoms with Crippen LogP contribution in [0.1, 0.15) is 33.5 Å². The van der Waals surface area contributed by atoms with E-state index < -0.39 is 0 Å². The summed E-state index contributed by atoms with van der Waals surface area (Å²) in [6.07, 6.45) is 2.45. The van der Waals surface area contributed by atoms with Crippen LogP contribution < -0.4 is 15.1 Å². The molecule has 0 saturated carbocycles. The van der Waals surface area contributed by atoms with Gasteiger partial charge in [0, 0.05) is 37.8 Å². The third kappa shape index (κ3) is 5.08. The fourth-order valence-corrected chi connectivity index (χ4v) is 4.44. The first-order valence-electron chi connectivity index (χ1n) is 12.2. The van der Waals surface area contributed by atoms with E-state index in [-0.39, 0.29) is 23.4 Å². The minimum absolute atomic E-state index is 0.0450. The summed E-state index contributed by atoms with van der Waals surface area (Å²) in [6.45, 7) is 3.23. The second-order valence-corrected chi connectivity index (χ2v) is 9.25. The Hall–Kier alpha value is -4.66. The van der Waals surface area contributed by atoms with Gasteiger partial charge in [-0.15, -0.1) is 0 Å². The summed E-state index contributed by atoms with van der Waals surface area (Å²) in [7, 11) is 1.47. The number of carbonyl (C=O) groups excluding carboxylic acids is 2. The highest BCUT2D eigenvalue weighted by atomic mass is 19.1. The van der Waals surface area contributed by atoms with Crippen LogP contribution in [0, 0.1) is 12.7 Å². The quantitative estimate of drug-likeness (QED) is 0.491. The molecule has 0 bridgehead atoms. The fraction of sp³-hybridized carbons (Fsp3) is 0.207. The minimum Gasteiger partial charge on any atom is -0.504 e. The summed E-state index contributed by atoms with van der Waals surface area (Å²) in [5.74, 6) is -0.364. The number of nitrogens with zero attached hydrogens (tertiary/aromatic N) is 3. The van der Waals surface area contributed by atoms with Gasteiger partial charge in [-0.1, -0.05) is 18.2 Å². The van der Waals surface area contributed by atoms with E-state index in [2.05, 4.69) is 15.3 Å². The van der Waals surface area contributed by atoms with Crippen molar-refractivity contribution >= 4 is 23.2 Å². The van der Waals surface area contributed by atoms with Gasteiger partial charge in [-0.3, -0.25) is 9.59 Å². The molecule has 0 saturated heterocycles. The number of nitrogens with one attached hydrogen (secondary N) is 1. The summed E-state index contributed by atoms with van der Waals surface area (Å²) >= 11 is 0. The largest absolute Gasteiger partial charge is 0.504 e. The number of amides is 2. The second-order valence-electron chi connectivity index (χ2n) is 9.25. The molecule has 2 aliphatic rings. The maximum Gasteiger partial charge on any atom is 0.282 e. The number of hydrogen-bond donors (Lipinski definition) is 2. The lowest BCUT2D eigenvalue weighted by Crippen LogP contribution is -2.29. The zero-order valence-electron chi connectivity index (χ0n) is 21.1. The highest BCUT2D eigenvalue weighted by Crippen LogP contribution is 2.29. The molecular formula is C29H27FN4O4. The van der Waals surface area contributed by atoms with Gasteiger partial charge in [-0.05, 0) is 66.1 Å². The summed E-state index contributed by atoms with van der Waals surface area (Å²) in [5, 5.41) is 18.4. The van der Waals surface area contributed by atoms with Crippen LogP contribution >= 0.6 is 0 Å². The molecule has 0 aromatic heterocycles. The highest BCUT2D eigenvalue weighted by Gasteiger charge is 2.34. The second kappa shape index (κ2) is 10.4. The first-order chi connectivity index (χ1) is 18.3. The van der Waals surface area contributed by atoms with E-state index in [0.29, 0.717) is 54.2 Å². The van der Waals surface area contributed by atoms with Gasteiger partial charge >= 0.3 is 0 Å². The van der Waals surface area contributed by atoms with Gasteiger partial charge in [-0.25, -0.2) is 4.39 Å². The zero-order valence-corrected chi connectivity index (χ0v) is 21.1. The van der Waals surface area contributed by atoms with E-state index in [1.54, 1.807) is 43.3 Å². The molecule has 0 spiro atoms. The van der Waals surface area contributed by atoms with Crippen LogP contribution in [0.2, 0.25) is 0 Å². The number of anilines is 1. The number of aromatic hydroxyl groups is 1. The van der Waals surface area contributed by atoms with Gasteiger partial charge in [0.15, 0.2) is 11.5 Å². The molecule has 194 valence electrons. The van der Waals surface area contributed by atoms with Gasteiger partial charge in [0.25, 0.3) is 11.8 Å². The van der Waals surface area contributed by atoms with Gasteiger partial charge in [0.1, 0.15) is 5.82 Å². The molecular weight excluding hydrogens is 487 g/mol. The number of carbonyl (C=O) groups is 2. The lowest BCUT2D eigenvalue weighted by atomic mass is 10.0. The Labute approximate surface area is 219 Å². The van der Waals surface area contributed by atoms with Crippen molar-refractivity contribution in [2.24, 2.45) is 5.10 Å². The molecule has 0 fully saturated rings. The molecule has 3 aromatic carbocycles. The number of aryl methyl sites for hydroxylation is 1. The van der Waals surface area contributed by atoms with E-state index in [0.717, 1.165) is 16.8 Å². The Bertz CT molecular complexity index is 1470. The van der Waals surface area contributed by atoms with E-state index in [4.69, 9.17) is 4.74 Å². The lowest BCUT2D eigenvalue weighted by molar-refractivity contribution is -0.114.